The summed E-state index contributed by atoms with van der Waals surface area (Å²) in [4.78, 5) is 23.1. The maximum atomic E-state index is 13.4. The molecule has 1 rings (SSSR count). The van der Waals surface area contributed by atoms with E-state index < -0.39 is 6.04 Å². The van der Waals surface area contributed by atoms with E-state index in [2.05, 4.69) is 10.6 Å². The van der Waals surface area contributed by atoms with Gasteiger partial charge >= 0.3 is 0 Å². The Bertz CT molecular complexity index is 486. The molecule has 0 spiro atoms. The molecule has 0 bridgehead atoms. The van der Waals surface area contributed by atoms with Crippen LogP contribution in [0.5, 0.6) is 0 Å². The molecule has 1 aromatic rings. The normalized spacial score (nSPS) is 12.1. The van der Waals surface area contributed by atoms with Gasteiger partial charge in [0, 0.05) is 12.6 Å². The highest BCUT2D eigenvalue weighted by atomic mass is 19.1. The summed E-state index contributed by atoms with van der Waals surface area (Å²) in [6.07, 6.45) is 0. The second kappa shape index (κ2) is 6.31. The number of carbonyl (C=O) groups excluding carboxylic acids is 2. The van der Waals surface area contributed by atoms with Crippen LogP contribution in [0.15, 0.2) is 18.2 Å². The van der Waals surface area contributed by atoms with Gasteiger partial charge in [0.05, 0.1) is 0 Å². The molecule has 4 nitrogen and oxygen atoms in total. The predicted octanol–water partition coefficient (Wildman–Crippen LogP) is 2.23. The van der Waals surface area contributed by atoms with Crippen LogP contribution in [-0.4, -0.2) is 17.9 Å². The molecular weight excluding hydrogens is 247 g/mol. The van der Waals surface area contributed by atoms with E-state index in [1.165, 1.54) is 13.0 Å². The summed E-state index contributed by atoms with van der Waals surface area (Å²) < 4.78 is 13.4. The zero-order valence-corrected chi connectivity index (χ0v) is 11.6. The van der Waals surface area contributed by atoms with Gasteiger partial charge in [0.1, 0.15) is 11.9 Å². The van der Waals surface area contributed by atoms with Crippen molar-refractivity contribution in [2.45, 2.75) is 33.7 Å². The Morgan fingerprint density at radius 1 is 1.26 bits per heavy atom. The molecule has 1 aromatic carbocycles. The largest absolute Gasteiger partial charge is 0.344 e. The van der Waals surface area contributed by atoms with Crippen LogP contribution in [0, 0.1) is 18.7 Å². The Hall–Kier alpha value is -1.91. The van der Waals surface area contributed by atoms with E-state index in [0.717, 1.165) is 0 Å². The van der Waals surface area contributed by atoms with Crippen molar-refractivity contribution in [2.24, 2.45) is 5.92 Å². The molecule has 0 saturated carbocycles. The number of carbonyl (C=O) groups is 2. The number of nitrogens with one attached hydrogen (secondary N) is 2. The molecule has 0 unspecified atom stereocenters. The second-order valence-electron chi connectivity index (χ2n) is 4.88. The molecule has 5 heteroatoms. The first-order chi connectivity index (χ1) is 8.81. The quantitative estimate of drug-likeness (QED) is 0.878. The van der Waals surface area contributed by atoms with Crippen LogP contribution >= 0.6 is 0 Å². The Morgan fingerprint density at radius 2 is 1.89 bits per heavy atom. The van der Waals surface area contributed by atoms with Gasteiger partial charge in [-0.3, -0.25) is 9.59 Å². The molecule has 104 valence electrons. The maximum absolute atomic E-state index is 13.4. The molecule has 2 amide bonds. The molecule has 0 aromatic heterocycles. The van der Waals surface area contributed by atoms with Crippen molar-refractivity contribution in [2.75, 3.05) is 5.32 Å². The summed E-state index contributed by atoms with van der Waals surface area (Å²) in [7, 11) is 0. The number of aryl methyl sites for hydroxylation is 1. The van der Waals surface area contributed by atoms with Crippen LogP contribution in [0.3, 0.4) is 0 Å². The number of amides is 2. The van der Waals surface area contributed by atoms with E-state index in [0.29, 0.717) is 11.3 Å². The fourth-order valence-corrected chi connectivity index (χ4v) is 1.64. The Balaban J connectivity index is 2.81. The van der Waals surface area contributed by atoms with Gasteiger partial charge in [-0.05, 0) is 30.5 Å². The third kappa shape index (κ3) is 4.35. The molecule has 2 N–H and O–H groups in total. The van der Waals surface area contributed by atoms with Gasteiger partial charge in [0.15, 0.2) is 0 Å². The van der Waals surface area contributed by atoms with Crippen molar-refractivity contribution in [3.05, 3.63) is 29.6 Å². The lowest BCUT2D eigenvalue weighted by Gasteiger charge is -2.21. The van der Waals surface area contributed by atoms with Crippen molar-refractivity contribution < 1.29 is 14.0 Å². The van der Waals surface area contributed by atoms with E-state index >= 15 is 0 Å². The summed E-state index contributed by atoms with van der Waals surface area (Å²) in [5, 5.41) is 5.18. The molecule has 0 saturated heterocycles. The third-order valence-corrected chi connectivity index (χ3v) is 2.75. The van der Waals surface area contributed by atoms with E-state index in [4.69, 9.17) is 0 Å². The van der Waals surface area contributed by atoms with Gasteiger partial charge in [0.2, 0.25) is 11.8 Å². The van der Waals surface area contributed by atoms with Crippen molar-refractivity contribution in [1.29, 1.82) is 0 Å². The molecule has 1 atom stereocenters. The van der Waals surface area contributed by atoms with E-state index in [1.807, 2.05) is 13.8 Å². The highest BCUT2D eigenvalue weighted by molar-refractivity contribution is 5.97. The van der Waals surface area contributed by atoms with Crippen LogP contribution in [-0.2, 0) is 9.59 Å². The summed E-state index contributed by atoms with van der Waals surface area (Å²) in [6, 6.07) is 3.84. The SMILES string of the molecule is CC(=O)N[C@@H](C(=O)Nc1ccc(C)c(F)c1)C(C)C. The number of anilines is 1. The summed E-state index contributed by atoms with van der Waals surface area (Å²) >= 11 is 0. The van der Waals surface area contributed by atoms with E-state index in [9.17, 15) is 14.0 Å². The lowest BCUT2D eigenvalue weighted by Crippen LogP contribution is -2.46. The molecule has 0 fully saturated rings. The minimum atomic E-state index is -0.637. The Labute approximate surface area is 112 Å². The van der Waals surface area contributed by atoms with Crippen molar-refractivity contribution in [3.8, 4) is 0 Å². The monoisotopic (exact) mass is 266 g/mol. The van der Waals surface area contributed by atoms with E-state index in [1.54, 1.807) is 19.1 Å². The average Bonchev–Trinajstić information content (AvgIpc) is 2.30. The molecule has 19 heavy (non-hydrogen) atoms. The first-order valence-electron chi connectivity index (χ1n) is 6.15. The van der Waals surface area contributed by atoms with Crippen molar-refractivity contribution in [1.82, 2.24) is 5.32 Å². The summed E-state index contributed by atoms with van der Waals surface area (Å²) in [5.74, 6) is -1.06. The first kappa shape index (κ1) is 15.1. The standard InChI is InChI=1S/C14H19FN2O2/c1-8(2)13(16-10(4)18)14(19)17-11-6-5-9(3)12(15)7-11/h5-8,13H,1-4H3,(H,16,18)(H,17,19)/t13-/m1/s1. The third-order valence-electron chi connectivity index (χ3n) is 2.75. The molecule has 0 aliphatic carbocycles. The van der Waals surface area contributed by atoms with Crippen LogP contribution in [0.1, 0.15) is 26.3 Å². The topological polar surface area (TPSA) is 58.2 Å². The predicted molar refractivity (Wildman–Crippen MR) is 72.2 cm³/mol. The van der Waals surface area contributed by atoms with Crippen molar-refractivity contribution in [3.63, 3.8) is 0 Å². The number of halogens is 1. The zero-order valence-electron chi connectivity index (χ0n) is 11.6. The summed E-state index contributed by atoms with van der Waals surface area (Å²) in [5.41, 5.74) is 0.893. The Kier molecular flexibility index (Phi) is 5.03. The van der Waals surface area contributed by atoms with Crippen LogP contribution in [0.2, 0.25) is 0 Å². The first-order valence-corrected chi connectivity index (χ1v) is 6.15. The van der Waals surface area contributed by atoms with Crippen LogP contribution < -0.4 is 10.6 Å². The van der Waals surface area contributed by atoms with Gasteiger partial charge < -0.3 is 10.6 Å². The highest BCUT2D eigenvalue weighted by Crippen LogP contribution is 2.14. The zero-order chi connectivity index (χ0) is 14.6. The van der Waals surface area contributed by atoms with Gasteiger partial charge in [-0.1, -0.05) is 19.9 Å². The molecule has 0 heterocycles. The molecule has 0 aliphatic rings. The van der Waals surface area contributed by atoms with Gasteiger partial charge in [-0.2, -0.15) is 0 Å². The van der Waals surface area contributed by atoms with Crippen LogP contribution in [0.25, 0.3) is 0 Å². The lowest BCUT2D eigenvalue weighted by molar-refractivity contribution is -0.126. The Morgan fingerprint density at radius 3 is 2.37 bits per heavy atom. The minimum absolute atomic E-state index is 0.0563. The second-order valence-corrected chi connectivity index (χ2v) is 4.88. The van der Waals surface area contributed by atoms with Gasteiger partial charge in [-0.15, -0.1) is 0 Å². The lowest BCUT2D eigenvalue weighted by atomic mass is 10.0. The van der Waals surface area contributed by atoms with Crippen LogP contribution in [0.4, 0.5) is 10.1 Å². The smallest absolute Gasteiger partial charge is 0.247 e. The highest BCUT2D eigenvalue weighted by Gasteiger charge is 2.23. The van der Waals surface area contributed by atoms with Gasteiger partial charge in [-0.25, -0.2) is 4.39 Å². The number of hydrogen-bond donors (Lipinski definition) is 2. The fourth-order valence-electron chi connectivity index (χ4n) is 1.64. The van der Waals surface area contributed by atoms with E-state index in [-0.39, 0.29) is 23.5 Å². The summed E-state index contributed by atoms with van der Waals surface area (Å²) in [6.45, 7) is 6.66. The molecule has 0 radical (unpaired) electrons. The van der Waals surface area contributed by atoms with Gasteiger partial charge in [0.25, 0.3) is 0 Å². The number of rotatable bonds is 4. The number of benzene rings is 1. The molecular formula is C14H19FN2O2. The van der Waals surface area contributed by atoms with Crippen molar-refractivity contribution >= 4 is 17.5 Å². The average molecular weight is 266 g/mol. The maximum Gasteiger partial charge on any atom is 0.247 e. The minimum Gasteiger partial charge on any atom is -0.344 e. The number of hydrogen-bond acceptors (Lipinski definition) is 2. The fraction of sp³-hybridized carbons (Fsp3) is 0.429. The molecule has 0 aliphatic heterocycles.